The Morgan fingerprint density at radius 3 is 2.33 bits per heavy atom. The first-order valence-corrected chi connectivity index (χ1v) is 8.09. The number of aromatic nitrogens is 1. The van der Waals surface area contributed by atoms with E-state index in [-0.39, 0.29) is 17.8 Å². The maximum atomic E-state index is 12.2. The molecule has 5 nitrogen and oxygen atoms in total. The molecule has 0 spiro atoms. The highest BCUT2D eigenvalue weighted by atomic mass is 16.5. The van der Waals surface area contributed by atoms with Crippen molar-refractivity contribution in [3.8, 4) is 5.75 Å². The van der Waals surface area contributed by atoms with E-state index in [2.05, 4.69) is 0 Å². The number of carboxylic acid groups (broad SMARTS) is 1. The van der Waals surface area contributed by atoms with Gasteiger partial charge in [0.05, 0.1) is 5.69 Å². The van der Waals surface area contributed by atoms with E-state index < -0.39 is 11.5 Å². The van der Waals surface area contributed by atoms with Gasteiger partial charge in [-0.25, -0.2) is 4.79 Å². The number of aliphatic carboxylic acids is 1. The van der Waals surface area contributed by atoms with Crippen molar-refractivity contribution in [1.82, 2.24) is 4.57 Å². The van der Waals surface area contributed by atoms with Crippen LogP contribution in [0.15, 0.2) is 47.4 Å². The summed E-state index contributed by atoms with van der Waals surface area (Å²) in [7, 11) is 0. The Morgan fingerprint density at radius 1 is 1.17 bits per heavy atom. The summed E-state index contributed by atoms with van der Waals surface area (Å²) in [5.74, 6) is -0.706. The predicted octanol–water partition coefficient (Wildman–Crippen LogP) is 3.34. The normalized spacial score (nSPS) is 11.3. The van der Waals surface area contributed by atoms with Crippen LogP contribution in [0.5, 0.6) is 5.75 Å². The van der Waals surface area contributed by atoms with E-state index in [0.717, 1.165) is 5.56 Å². The van der Waals surface area contributed by atoms with Crippen molar-refractivity contribution < 1.29 is 14.6 Å². The zero-order valence-corrected chi connectivity index (χ0v) is 14.3. The van der Waals surface area contributed by atoms with Crippen molar-refractivity contribution in [1.29, 1.82) is 0 Å². The molecule has 0 amide bonds. The van der Waals surface area contributed by atoms with Gasteiger partial charge in [0.25, 0.3) is 0 Å². The van der Waals surface area contributed by atoms with Crippen molar-refractivity contribution >= 4 is 5.97 Å². The average Bonchev–Trinajstić information content (AvgIpc) is 2.58. The van der Waals surface area contributed by atoms with Gasteiger partial charge >= 0.3 is 5.97 Å². The molecule has 0 radical (unpaired) electrons. The standard InChI is InChI=1S/C19H23NO4/c1-4-19(5-2,18(22)23)20-12-11-16(21)17(14(20)3)24-13-15-9-7-6-8-10-15/h6-12H,4-5,13H2,1-3H3,(H,22,23). The molecule has 0 bridgehead atoms. The van der Waals surface area contributed by atoms with Crippen LogP contribution in [0.2, 0.25) is 0 Å². The van der Waals surface area contributed by atoms with Crippen molar-refractivity contribution in [3.05, 3.63) is 64.1 Å². The summed E-state index contributed by atoms with van der Waals surface area (Å²) < 4.78 is 7.38. The third-order valence-corrected chi connectivity index (χ3v) is 4.54. The summed E-state index contributed by atoms with van der Waals surface area (Å²) in [6, 6.07) is 10.9. The number of hydrogen-bond donors (Lipinski definition) is 1. The van der Waals surface area contributed by atoms with Crippen molar-refractivity contribution in [2.75, 3.05) is 0 Å². The molecule has 128 valence electrons. The molecule has 0 unspecified atom stereocenters. The zero-order chi connectivity index (χ0) is 17.7. The number of carboxylic acids is 1. The molecule has 2 rings (SSSR count). The molecular formula is C19H23NO4. The second-order valence-corrected chi connectivity index (χ2v) is 5.78. The van der Waals surface area contributed by atoms with Crippen molar-refractivity contribution in [3.63, 3.8) is 0 Å². The lowest BCUT2D eigenvalue weighted by atomic mass is 9.91. The van der Waals surface area contributed by atoms with Gasteiger partial charge in [0, 0.05) is 12.3 Å². The first kappa shape index (κ1) is 17.8. The van der Waals surface area contributed by atoms with Gasteiger partial charge in [0.1, 0.15) is 12.1 Å². The highest BCUT2D eigenvalue weighted by molar-refractivity contribution is 5.77. The molecule has 1 aromatic heterocycles. The van der Waals surface area contributed by atoms with Crippen LogP contribution in [-0.2, 0) is 16.9 Å². The summed E-state index contributed by atoms with van der Waals surface area (Å²) in [5, 5.41) is 9.73. The Hall–Kier alpha value is -2.56. The number of rotatable bonds is 7. The summed E-state index contributed by atoms with van der Waals surface area (Å²) in [6.07, 6.45) is 2.38. The second kappa shape index (κ2) is 7.34. The van der Waals surface area contributed by atoms with E-state index in [1.54, 1.807) is 17.7 Å². The fraction of sp³-hybridized carbons (Fsp3) is 0.368. The van der Waals surface area contributed by atoms with Crippen LogP contribution in [-0.4, -0.2) is 15.6 Å². The molecule has 0 aliphatic rings. The minimum absolute atomic E-state index is 0.203. The Kier molecular flexibility index (Phi) is 5.44. The monoisotopic (exact) mass is 329 g/mol. The number of pyridine rings is 1. The van der Waals surface area contributed by atoms with Gasteiger partial charge in [-0.1, -0.05) is 44.2 Å². The minimum atomic E-state index is -1.08. The topological polar surface area (TPSA) is 68.5 Å². The molecule has 1 heterocycles. The fourth-order valence-corrected chi connectivity index (χ4v) is 2.98. The molecule has 0 aliphatic heterocycles. The van der Waals surface area contributed by atoms with E-state index in [0.29, 0.717) is 18.5 Å². The fourth-order valence-electron chi connectivity index (χ4n) is 2.98. The maximum Gasteiger partial charge on any atom is 0.329 e. The Balaban J connectivity index is 2.43. The molecule has 24 heavy (non-hydrogen) atoms. The lowest BCUT2D eigenvalue weighted by Crippen LogP contribution is -2.42. The highest BCUT2D eigenvalue weighted by Gasteiger charge is 2.37. The lowest BCUT2D eigenvalue weighted by molar-refractivity contribution is -0.148. The zero-order valence-electron chi connectivity index (χ0n) is 14.3. The first-order valence-electron chi connectivity index (χ1n) is 8.09. The van der Waals surface area contributed by atoms with Gasteiger partial charge in [0.2, 0.25) is 5.43 Å². The van der Waals surface area contributed by atoms with Gasteiger partial charge in [-0.3, -0.25) is 4.79 Å². The van der Waals surface area contributed by atoms with Crippen LogP contribution in [0.25, 0.3) is 0 Å². The summed E-state index contributed by atoms with van der Waals surface area (Å²) in [6.45, 7) is 5.66. The van der Waals surface area contributed by atoms with Gasteiger partial charge in [-0.2, -0.15) is 0 Å². The largest absolute Gasteiger partial charge is 0.483 e. The van der Waals surface area contributed by atoms with Crippen LogP contribution < -0.4 is 10.2 Å². The maximum absolute atomic E-state index is 12.2. The SMILES string of the molecule is CCC(CC)(C(=O)O)n1ccc(=O)c(OCc2ccccc2)c1C. The molecule has 1 N–H and O–H groups in total. The van der Waals surface area contributed by atoms with Crippen LogP contribution >= 0.6 is 0 Å². The Morgan fingerprint density at radius 2 is 1.79 bits per heavy atom. The quantitative estimate of drug-likeness (QED) is 0.846. The van der Waals surface area contributed by atoms with E-state index in [4.69, 9.17) is 4.74 Å². The minimum Gasteiger partial charge on any atom is -0.483 e. The van der Waals surface area contributed by atoms with Crippen LogP contribution in [0.4, 0.5) is 0 Å². The van der Waals surface area contributed by atoms with E-state index >= 15 is 0 Å². The summed E-state index contributed by atoms with van der Waals surface area (Å²) in [5.41, 5.74) is 0.153. The van der Waals surface area contributed by atoms with Crippen molar-refractivity contribution in [2.45, 2.75) is 45.8 Å². The van der Waals surface area contributed by atoms with Crippen LogP contribution in [0.3, 0.4) is 0 Å². The third kappa shape index (κ3) is 3.20. The molecule has 0 saturated carbocycles. The van der Waals surface area contributed by atoms with E-state index in [1.165, 1.54) is 6.07 Å². The molecule has 1 aromatic carbocycles. The third-order valence-electron chi connectivity index (χ3n) is 4.54. The van der Waals surface area contributed by atoms with Gasteiger partial charge in [-0.15, -0.1) is 0 Å². The van der Waals surface area contributed by atoms with Crippen LogP contribution in [0.1, 0.15) is 37.9 Å². The Labute approximate surface area is 141 Å². The molecule has 0 aliphatic carbocycles. The van der Waals surface area contributed by atoms with Gasteiger partial charge in [-0.05, 0) is 25.3 Å². The van der Waals surface area contributed by atoms with Crippen LogP contribution in [0, 0.1) is 6.92 Å². The van der Waals surface area contributed by atoms with Crippen molar-refractivity contribution in [2.24, 2.45) is 0 Å². The second-order valence-electron chi connectivity index (χ2n) is 5.78. The number of nitrogens with zero attached hydrogens (tertiary/aromatic N) is 1. The molecule has 0 fully saturated rings. The lowest BCUT2D eigenvalue weighted by Gasteiger charge is -2.32. The number of ether oxygens (including phenoxy) is 1. The van der Waals surface area contributed by atoms with Gasteiger partial charge in [0.15, 0.2) is 5.75 Å². The molecule has 2 aromatic rings. The Bertz CT molecular complexity index is 761. The number of hydrogen-bond acceptors (Lipinski definition) is 3. The van der Waals surface area contributed by atoms with Gasteiger partial charge < -0.3 is 14.4 Å². The molecule has 0 atom stereocenters. The van der Waals surface area contributed by atoms with E-state index in [9.17, 15) is 14.7 Å². The highest BCUT2D eigenvalue weighted by Crippen LogP contribution is 2.29. The first-order chi connectivity index (χ1) is 11.5. The average molecular weight is 329 g/mol. The number of carbonyl (C=O) groups is 1. The molecule has 5 heteroatoms. The molecule has 0 saturated heterocycles. The smallest absolute Gasteiger partial charge is 0.329 e. The summed E-state index contributed by atoms with van der Waals surface area (Å²) >= 11 is 0. The predicted molar refractivity (Wildman–Crippen MR) is 92.4 cm³/mol. The van der Waals surface area contributed by atoms with E-state index in [1.807, 2.05) is 44.2 Å². The summed E-state index contributed by atoms with van der Waals surface area (Å²) in [4.78, 5) is 24.1. The number of benzene rings is 1. The molecular weight excluding hydrogens is 306 g/mol.